The van der Waals surface area contributed by atoms with Gasteiger partial charge in [-0.1, -0.05) is 36.8 Å². The molecular weight excluding hydrogens is 400 g/mol. The van der Waals surface area contributed by atoms with E-state index in [0.29, 0.717) is 18.9 Å². The largest absolute Gasteiger partial charge is 0.379 e. The van der Waals surface area contributed by atoms with Crippen LogP contribution < -0.4 is 5.32 Å². The molecule has 1 atom stereocenters. The second-order valence-corrected chi connectivity index (χ2v) is 9.80. The molecule has 2 aromatic rings. The highest BCUT2D eigenvalue weighted by molar-refractivity contribution is 7.89. The number of ether oxygens (including phenoxy) is 1. The van der Waals surface area contributed by atoms with Crippen molar-refractivity contribution in [1.29, 1.82) is 0 Å². The Labute approximate surface area is 179 Å². The molecule has 3 heterocycles. The topological polar surface area (TPSA) is 74.8 Å². The molecule has 30 heavy (non-hydrogen) atoms. The van der Waals surface area contributed by atoms with Gasteiger partial charge in [-0.3, -0.25) is 4.90 Å². The lowest BCUT2D eigenvalue weighted by Gasteiger charge is -2.31. The fraction of sp³-hybridized carbons (Fsp3) is 0.500. The molecule has 162 valence electrons. The third kappa shape index (κ3) is 5.18. The summed E-state index contributed by atoms with van der Waals surface area (Å²) in [4.78, 5) is 7.08. The van der Waals surface area contributed by atoms with Crippen LogP contribution in [0, 0.1) is 0 Å². The number of hydrogen-bond donors (Lipinski definition) is 1. The molecule has 8 heteroatoms. The number of benzene rings is 1. The van der Waals surface area contributed by atoms with Crippen molar-refractivity contribution in [1.82, 2.24) is 14.2 Å². The predicted octanol–water partition coefficient (Wildman–Crippen LogP) is 2.74. The molecule has 0 aliphatic carbocycles. The fourth-order valence-electron chi connectivity index (χ4n) is 4.01. The highest BCUT2D eigenvalue weighted by Gasteiger charge is 2.26. The number of rotatable bonds is 7. The van der Waals surface area contributed by atoms with E-state index in [4.69, 9.17) is 4.74 Å². The smallest absolute Gasteiger partial charge is 0.244 e. The van der Waals surface area contributed by atoms with E-state index in [1.54, 1.807) is 16.4 Å². The van der Waals surface area contributed by atoms with E-state index in [0.717, 1.165) is 52.1 Å². The quantitative estimate of drug-likeness (QED) is 0.728. The van der Waals surface area contributed by atoms with Crippen LogP contribution in [0.15, 0.2) is 53.6 Å². The van der Waals surface area contributed by atoms with Gasteiger partial charge in [-0.25, -0.2) is 13.4 Å². The van der Waals surface area contributed by atoms with Crippen LogP contribution in [0.3, 0.4) is 0 Å². The lowest BCUT2D eigenvalue weighted by molar-refractivity contribution is 0.0360. The third-order valence-corrected chi connectivity index (χ3v) is 7.64. The summed E-state index contributed by atoms with van der Waals surface area (Å²) in [6.45, 7) is 5.35. The summed E-state index contributed by atoms with van der Waals surface area (Å²) in [5, 5.41) is 3.50. The van der Waals surface area contributed by atoms with E-state index >= 15 is 0 Å². The maximum Gasteiger partial charge on any atom is 0.244 e. The molecule has 0 spiro atoms. The molecule has 0 radical (unpaired) electrons. The number of anilines is 1. The number of pyridine rings is 1. The molecule has 1 unspecified atom stereocenters. The van der Waals surface area contributed by atoms with E-state index in [-0.39, 0.29) is 10.9 Å². The average Bonchev–Trinajstić information content (AvgIpc) is 2.81. The molecule has 0 bridgehead atoms. The first kappa shape index (κ1) is 21.2. The van der Waals surface area contributed by atoms with E-state index in [9.17, 15) is 8.42 Å². The highest BCUT2D eigenvalue weighted by Crippen LogP contribution is 2.23. The molecule has 1 aromatic heterocycles. The van der Waals surface area contributed by atoms with Crippen molar-refractivity contribution < 1.29 is 13.2 Å². The number of hydrogen-bond acceptors (Lipinski definition) is 6. The Kier molecular flexibility index (Phi) is 6.99. The summed E-state index contributed by atoms with van der Waals surface area (Å²) < 4.78 is 32.7. The van der Waals surface area contributed by atoms with Gasteiger partial charge in [0.2, 0.25) is 10.0 Å². The third-order valence-electron chi connectivity index (χ3n) is 5.76. The van der Waals surface area contributed by atoms with Crippen molar-refractivity contribution in [2.24, 2.45) is 0 Å². The van der Waals surface area contributed by atoms with Crippen LogP contribution in [0.25, 0.3) is 0 Å². The molecule has 0 amide bonds. The minimum absolute atomic E-state index is 0.0568. The van der Waals surface area contributed by atoms with Crippen LogP contribution in [0.1, 0.15) is 30.9 Å². The Morgan fingerprint density at radius 2 is 1.70 bits per heavy atom. The molecule has 2 fully saturated rings. The van der Waals surface area contributed by atoms with E-state index in [1.807, 2.05) is 18.2 Å². The Morgan fingerprint density at radius 1 is 0.967 bits per heavy atom. The summed E-state index contributed by atoms with van der Waals surface area (Å²) in [6, 6.07) is 13.8. The van der Waals surface area contributed by atoms with Crippen LogP contribution >= 0.6 is 0 Å². The summed E-state index contributed by atoms with van der Waals surface area (Å²) >= 11 is 0. The minimum Gasteiger partial charge on any atom is -0.379 e. The number of sulfonamides is 1. The lowest BCUT2D eigenvalue weighted by atomic mass is 10.1. The SMILES string of the molecule is O=S(=O)(c1ccc(NC(CN2CCOCC2)c2ccccc2)nc1)N1CCCCC1. The lowest BCUT2D eigenvalue weighted by Crippen LogP contribution is -2.40. The van der Waals surface area contributed by atoms with Crippen LogP contribution in [0.4, 0.5) is 5.82 Å². The second kappa shape index (κ2) is 9.87. The van der Waals surface area contributed by atoms with Gasteiger partial charge >= 0.3 is 0 Å². The Bertz CT molecular complexity index is 894. The predicted molar refractivity (Wildman–Crippen MR) is 117 cm³/mol. The summed E-state index contributed by atoms with van der Waals surface area (Å²) in [7, 11) is -3.46. The van der Waals surface area contributed by atoms with Crippen molar-refractivity contribution in [2.75, 3.05) is 51.3 Å². The van der Waals surface area contributed by atoms with Gasteiger partial charge in [0.05, 0.1) is 19.3 Å². The molecule has 2 aliphatic heterocycles. The van der Waals surface area contributed by atoms with E-state index in [2.05, 4.69) is 27.3 Å². The van der Waals surface area contributed by atoms with Gasteiger partial charge in [-0.05, 0) is 30.5 Å². The molecule has 2 saturated heterocycles. The maximum absolute atomic E-state index is 12.9. The molecular formula is C22H30N4O3S. The van der Waals surface area contributed by atoms with Gasteiger partial charge in [-0.2, -0.15) is 4.31 Å². The number of aromatic nitrogens is 1. The number of nitrogens with zero attached hydrogens (tertiary/aromatic N) is 3. The van der Waals surface area contributed by atoms with Crippen LogP contribution in [-0.4, -0.2) is 68.5 Å². The van der Waals surface area contributed by atoms with E-state index < -0.39 is 10.0 Å². The zero-order chi connectivity index (χ0) is 20.8. The summed E-state index contributed by atoms with van der Waals surface area (Å²) in [6.07, 6.45) is 4.42. The zero-order valence-electron chi connectivity index (χ0n) is 17.2. The van der Waals surface area contributed by atoms with Gasteiger partial charge in [0.1, 0.15) is 10.7 Å². The van der Waals surface area contributed by atoms with Crippen molar-refractivity contribution >= 4 is 15.8 Å². The molecule has 1 aromatic carbocycles. The van der Waals surface area contributed by atoms with Crippen molar-refractivity contribution in [3.8, 4) is 0 Å². The molecule has 2 aliphatic rings. The molecule has 0 saturated carbocycles. The first-order valence-electron chi connectivity index (χ1n) is 10.7. The van der Waals surface area contributed by atoms with Crippen LogP contribution in [-0.2, 0) is 14.8 Å². The number of nitrogens with one attached hydrogen (secondary N) is 1. The van der Waals surface area contributed by atoms with Crippen molar-refractivity contribution in [3.63, 3.8) is 0 Å². The average molecular weight is 431 g/mol. The van der Waals surface area contributed by atoms with Crippen molar-refractivity contribution in [3.05, 3.63) is 54.2 Å². The van der Waals surface area contributed by atoms with Gasteiger partial charge in [-0.15, -0.1) is 0 Å². The second-order valence-electron chi connectivity index (χ2n) is 7.86. The first-order chi connectivity index (χ1) is 14.6. The molecule has 1 N–H and O–H groups in total. The summed E-state index contributed by atoms with van der Waals surface area (Å²) in [5.41, 5.74) is 1.18. The Morgan fingerprint density at radius 3 is 2.37 bits per heavy atom. The number of piperidine rings is 1. The van der Waals surface area contributed by atoms with Gasteiger partial charge < -0.3 is 10.1 Å². The molecule has 7 nitrogen and oxygen atoms in total. The fourth-order valence-corrected chi connectivity index (χ4v) is 5.48. The summed E-state index contributed by atoms with van der Waals surface area (Å²) in [5.74, 6) is 0.676. The maximum atomic E-state index is 12.9. The van der Waals surface area contributed by atoms with Gasteiger partial charge in [0.25, 0.3) is 0 Å². The highest BCUT2D eigenvalue weighted by atomic mass is 32.2. The van der Waals surface area contributed by atoms with Gasteiger partial charge in [0, 0.05) is 38.9 Å². The minimum atomic E-state index is -3.46. The van der Waals surface area contributed by atoms with Crippen LogP contribution in [0.2, 0.25) is 0 Å². The normalized spacial score (nSPS) is 20.0. The van der Waals surface area contributed by atoms with E-state index in [1.165, 1.54) is 11.8 Å². The number of morpholine rings is 1. The Hall–Kier alpha value is -2.00. The zero-order valence-corrected chi connectivity index (χ0v) is 18.1. The Balaban J connectivity index is 1.48. The first-order valence-corrected chi connectivity index (χ1v) is 12.1. The van der Waals surface area contributed by atoms with Crippen LogP contribution in [0.5, 0.6) is 0 Å². The van der Waals surface area contributed by atoms with Gasteiger partial charge in [0.15, 0.2) is 0 Å². The van der Waals surface area contributed by atoms with Crippen molar-refractivity contribution in [2.45, 2.75) is 30.2 Å². The molecule has 4 rings (SSSR count). The monoisotopic (exact) mass is 430 g/mol. The standard InChI is InChI=1S/C22H30N4O3S/c27-30(28,26-11-5-2-6-12-26)20-9-10-22(23-17-20)24-21(19-7-3-1-4-8-19)18-25-13-15-29-16-14-25/h1,3-4,7-10,17,21H,2,5-6,11-16,18H2,(H,23,24).